The summed E-state index contributed by atoms with van der Waals surface area (Å²) in [6, 6.07) is 14.8. The summed E-state index contributed by atoms with van der Waals surface area (Å²) in [7, 11) is 1.34. The van der Waals surface area contributed by atoms with Crippen molar-refractivity contribution in [3.63, 3.8) is 0 Å². The zero-order valence-electron chi connectivity index (χ0n) is 20.4. The fraction of sp³-hybridized carbons (Fsp3) is 0.276. The summed E-state index contributed by atoms with van der Waals surface area (Å²) in [5, 5.41) is 5.99. The molecule has 38 heavy (non-hydrogen) atoms. The highest BCUT2D eigenvalue weighted by molar-refractivity contribution is 6.39. The second-order valence-electron chi connectivity index (χ2n) is 9.63. The summed E-state index contributed by atoms with van der Waals surface area (Å²) >= 11 is 19.6. The SMILES string of the molecule is COC(=O)c1ccc(C2CC2c2ccc(OCc3c(-c4c(Cl)cccc4Cl)noc3C3CC3)cc2Cl)cn1. The Morgan fingerprint density at radius 3 is 2.47 bits per heavy atom. The summed E-state index contributed by atoms with van der Waals surface area (Å²) in [4.78, 5) is 15.9. The fourth-order valence-electron chi connectivity index (χ4n) is 4.86. The molecule has 194 valence electrons. The van der Waals surface area contributed by atoms with Crippen molar-refractivity contribution in [2.75, 3.05) is 7.11 Å². The van der Waals surface area contributed by atoms with Gasteiger partial charge < -0.3 is 14.0 Å². The quantitative estimate of drug-likeness (QED) is 0.199. The highest BCUT2D eigenvalue weighted by atomic mass is 35.5. The number of carbonyl (C=O) groups excluding carboxylic acids is 1. The maximum Gasteiger partial charge on any atom is 0.356 e. The topological polar surface area (TPSA) is 74.5 Å². The van der Waals surface area contributed by atoms with Crippen molar-refractivity contribution in [3.8, 4) is 17.0 Å². The average molecular weight is 570 g/mol. The Hall–Kier alpha value is -3.06. The van der Waals surface area contributed by atoms with Gasteiger partial charge in [-0.1, -0.05) is 58.2 Å². The molecule has 4 aromatic rings. The number of benzene rings is 2. The number of carbonyl (C=O) groups is 1. The zero-order chi connectivity index (χ0) is 26.4. The van der Waals surface area contributed by atoms with Gasteiger partial charge in [0.1, 0.15) is 29.5 Å². The van der Waals surface area contributed by atoms with E-state index in [9.17, 15) is 4.79 Å². The van der Waals surface area contributed by atoms with E-state index in [2.05, 4.69) is 10.1 Å². The summed E-state index contributed by atoms with van der Waals surface area (Å²) in [5.74, 6) is 1.96. The van der Waals surface area contributed by atoms with Gasteiger partial charge in [0.25, 0.3) is 0 Å². The van der Waals surface area contributed by atoms with Gasteiger partial charge in [-0.3, -0.25) is 0 Å². The van der Waals surface area contributed by atoms with Crippen LogP contribution in [0.15, 0.2) is 59.3 Å². The van der Waals surface area contributed by atoms with E-state index in [1.54, 1.807) is 30.5 Å². The molecule has 2 aliphatic rings. The maximum absolute atomic E-state index is 11.6. The molecule has 0 aliphatic heterocycles. The lowest BCUT2D eigenvalue weighted by atomic mass is 10.0. The van der Waals surface area contributed by atoms with Gasteiger partial charge in [-0.15, -0.1) is 0 Å². The molecule has 0 saturated heterocycles. The molecule has 2 atom stereocenters. The van der Waals surface area contributed by atoms with Crippen LogP contribution in [-0.4, -0.2) is 23.2 Å². The molecule has 0 spiro atoms. The molecule has 6 rings (SSSR count). The summed E-state index contributed by atoms with van der Waals surface area (Å²) < 4.78 is 16.6. The third-order valence-electron chi connectivity index (χ3n) is 7.12. The Morgan fingerprint density at radius 2 is 1.82 bits per heavy atom. The van der Waals surface area contributed by atoms with Crippen LogP contribution in [0.3, 0.4) is 0 Å². The summed E-state index contributed by atoms with van der Waals surface area (Å²) in [6.07, 6.45) is 4.82. The molecule has 0 N–H and O–H groups in total. The molecule has 2 aromatic heterocycles. The van der Waals surface area contributed by atoms with Crippen molar-refractivity contribution in [1.29, 1.82) is 0 Å². The molecule has 0 bridgehead atoms. The monoisotopic (exact) mass is 568 g/mol. The molecular formula is C29H23Cl3N2O4. The standard InChI is InChI=1S/C29H23Cl3N2O4/c1-36-29(35)25-10-7-16(13-33-25)19-12-20(19)18-9-8-17(11-24(18)32)37-14-21-27(34-38-28(21)15-5-6-15)26-22(30)3-2-4-23(26)31/h2-4,7-11,13,15,19-20H,5-6,12,14H2,1H3. The van der Waals surface area contributed by atoms with Gasteiger partial charge >= 0.3 is 5.97 Å². The lowest BCUT2D eigenvalue weighted by molar-refractivity contribution is 0.0594. The van der Waals surface area contributed by atoms with Gasteiger partial charge in [0.2, 0.25) is 0 Å². The molecule has 2 heterocycles. The van der Waals surface area contributed by atoms with Crippen molar-refractivity contribution < 1.29 is 18.8 Å². The molecule has 2 aromatic carbocycles. The maximum atomic E-state index is 11.6. The molecule has 0 amide bonds. The van der Waals surface area contributed by atoms with E-state index < -0.39 is 5.97 Å². The normalized spacial score (nSPS) is 18.3. The number of ether oxygens (including phenoxy) is 2. The Bertz CT molecular complexity index is 1490. The number of pyridine rings is 1. The zero-order valence-corrected chi connectivity index (χ0v) is 22.7. The van der Waals surface area contributed by atoms with Crippen LogP contribution in [0.4, 0.5) is 0 Å². The third kappa shape index (κ3) is 4.89. The number of hydrogen-bond acceptors (Lipinski definition) is 6. The first-order valence-corrected chi connectivity index (χ1v) is 13.5. The van der Waals surface area contributed by atoms with Crippen LogP contribution in [0, 0.1) is 0 Å². The van der Waals surface area contributed by atoms with Crippen molar-refractivity contribution in [2.45, 2.75) is 43.6 Å². The van der Waals surface area contributed by atoms with E-state index >= 15 is 0 Å². The Kier molecular flexibility index (Phi) is 6.81. The molecule has 6 nitrogen and oxygen atoms in total. The van der Waals surface area contributed by atoms with Gasteiger partial charge in [-0.2, -0.15) is 0 Å². The minimum absolute atomic E-state index is 0.256. The third-order valence-corrected chi connectivity index (χ3v) is 8.08. The van der Waals surface area contributed by atoms with Gasteiger partial charge in [0.05, 0.1) is 22.7 Å². The number of hydrogen-bond donors (Lipinski definition) is 0. The predicted octanol–water partition coefficient (Wildman–Crippen LogP) is 8.21. The van der Waals surface area contributed by atoms with E-state index in [4.69, 9.17) is 48.8 Å². The van der Waals surface area contributed by atoms with Crippen molar-refractivity contribution in [3.05, 3.63) is 97.9 Å². The molecule has 9 heteroatoms. The number of aromatic nitrogens is 2. The highest BCUT2D eigenvalue weighted by Gasteiger charge is 2.41. The first-order chi connectivity index (χ1) is 18.4. The fourth-order valence-corrected chi connectivity index (χ4v) is 5.75. The minimum atomic E-state index is -0.444. The number of halogens is 3. The first-order valence-electron chi connectivity index (χ1n) is 12.3. The molecule has 2 unspecified atom stereocenters. The molecule has 0 radical (unpaired) electrons. The predicted molar refractivity (Wildman–Crippen MR) is 145 cm³/mol. The van der Waals surface area contributed by atoms with E-state index in [-0.39, 0.29) is 12.5 Å². The second-order valence-corrected chi connectivity index (χ2v) is 10.9. The molecule has 2 saturated carbocycles. The van der Waals surface area contributed by atoms with Crippen molar-refractivity contribution >= 4 is 40.8 Å². The van der Waals surface area contributed by atoms with Crippen LogP contribution in [0.25, 0.3) is 11.3 Å². The number of rotatable bonds is 8. The van der Waals surface area contributed by atoms with E-state index in [0.717, 1.165) is 41.7 Å². The van der Waals surface area contributed by atoms with Crippen LogP contribution in [0.2, 0.25) is 15.1 Å². The summed E-state index contributed by atoms with van der Waals surface area (Å²) in [5.41, 5.74) is 4.54. The van der Waals surface area contributed by atoms with Crippen molar-refractivity contribution in [2.24, 2.45) is 0 Å². The lowest BCUT2D eigenvalue weighted by Gasteiger charge is -2.11. The van der Waals surface area contributed by atoms with Gasteiger partial charge in [-0.25, -0.2) is 9.78 Å². The van der Waals surface area contributed by atoms with Gasteiger partial charge in [0, 0.05) is 22.7 Å². The van der Waals surface area contributed by atoms with E-state index in [0.29, 0.717) is 49.6 Å². The number of esters is 1. The smallest absolute Gasteiger partial charge is 0.356 e. The van der Waals surface area contributed by atoms with Crippen LogP contribution >= 0.6 is 34.8 Å². The number of methoxy groups -OCH3 is 1. The minimum Gasteiger partial charge on any atom is -0.489 e. The second kappa shape index (κ2) is 10.3. The van der Waals surface area contributed by atoms with Crippen LogP contribution in [0.5, 0.6) is 5.75 Å². The van der Waals surface area contributed by atoms with Crippen LogP contribution < -0.4 is 4.74 Å². The Labute approximate surface area is 234 Å². The number of nitrogens with zero attached hydrogens (tertiary/aromatic N) is 2. The highest BCUT2D eigenvalue weighted by Crippen LogP contribution is 2.56. The van der Waals surface area contributed by atoms with E-state index in [1.807, 2.05) is 24.3 Å². The molecular weight excluding hydrogens is 547 g/mol. The lowest BCUT2D eigenvalue weighted by Crippen LogP contribution is -2.04. The Balaban J connectivity index is 1.18. The van der Waals surface area contributed by atoms with Crippen LogP contribution in [0.1, 0.15) is 70.0 Å². The Morgan fingerprint density at radius 1 is 1.03 bits per heavy atom. The van der Waals surface area contributed by atoms with Crippen LogP contribution in [-0.2, 0) is 11.3 Å². The van der Waals surface area contributed by atoms with Gasteiger partial charge in [-0.05, 0) is 72.6 Å². The van der Waals surface area contributed by atoms with Crippen molar-refractivity contribution in [1.82, 2.24) is 10.1 Å². The molecule has 2 aliphatic carbocycles. The average Bonchev–Trinajstić information content (AvgIpc) is 3.85. The first kappa shape index (κ1) is 25.2. The van der Waals surface area contributed by atoms with Gasteiger partial charge in [0.15, 0.2) is 0 Å². The largest absolute Gasteiger partial charge is 0.489 e. The van der Waals surface area contributed by atoms with E-state index in [1.165, 1.54) is 7.11 Å². The molecule has 2 fully saturated rings. The summed E-state index contributed by atoms with van der Waals surface area (Å²) in [6.45, 7) is 0.256.